The van der Waals surface area contributed by atoms with Crippen LogP contribution in [-0.2, 0) is 61.3 Å². The number of aromatic nitrogens is 4. The molecule has 6 heteroatoms. The van der Waals surface area contributed by atoms with Crippen molar-refractivity contribution in [2.45, 2.75) is 95.3 Å². The van der Waals surface area contributed by atoms with Gasteiger partial charge in [-0.2, -0.15) is 0 Å². The van der Waals surface area contributed by atoms with E-state index in [4.69, 9.17) is 15.2 Å². The van der Waals surface area contributed by atoms with Gasteiger partial charge < -0.3 is 0 Å². The summed E-state index contributed by atoms with van der Waals surface area (Å²) in [5.74, 6) is 2.14. The average molecular weight is 1160 g/mol. The van der Waals surface area contributed by atoms with Gasteiger partial charge in [0, 0.05) is 11.8 Å². The summed E-state index contributed by atoms with van der Waals surface area (Å²) in [7, 11) is 0. The minimum absolute atomic E-state index is 0.0200. The summed E-state index contributed by atoms with van der Waals surface area (Å²) in [5, 5.41) is 2.21. The van der Waals surface area contributed by atoms with Crippen molar-refractivity contribution >= 4 is 32.8 Å². The fourth-order valence-electron chi connectivity index (χ4n) is 14.0. The van der Waals surface area contributed by atoms with Crippen LogP contribution in [-0.4, -0.2) is 18.7 Å². The third kappa shape index (κ3) is 6.66. The third-order valence-electron chi connectivity index (χ3n) is 17.4. The maximum absolute atomic E-state index is 9.59. The Hall–Kier alpha value is -7.33. The molecule has 0 bridgehead atoms. The van der Waals surface area contributed by atoms with Gasteiger partial charge in [0.05, 0.1) is 0 Å². The van der Waals surface area contributed by atoms with Crippen LogP contribution in [0.25, 0.3) is 61.2 Å². The molecule has 75 heavy (non-hydrogen) atoms. The van der Waals surface area contributed by atoms with Crippen LogP contribution < -0.4 is 4.74 Å². The quantitative estimate of drug-likeness (QED) is 0.166. The first-order valence-electron chi connectivity index (χ1n) is 30.4. The standard InChI is InChI=1S/C69H58N4O.Pt/c1-44-38-63(70-42-56(44)45-24-26-50(27-25-45)67(2,3)4)73-59-21-10-7-18-54(59)55-29-28-53(41-62(55)73)74-52-17-13-16-51(40-52)71-43-72(61-23-12-11-22-60(61)71)66-64-48(32-36-68(64)34-30-46-14-5-8-19-57(46)68)39-49-33-37-69(65(49)66)35-31-47-15-6-9-20-58(47)69;/h5-29,38-42H,30-37H2,1-4H3;/i5D,6D,8D,9D,14D,15D,19D,20D;. The van der Waals surface area contributed by atoms with Crippen molar-refractivity contribution in [3.8, 4) is 39.8 Å². The Bertz CT molecular complexity index is 4630. The number of para-hydroxylation sites is 3. The molecule has 2 atom stereocenters. The summed E-state index contributed by atoms with van der Waals surface area (Å²) in [6.45, 7) is 8.85. The monoisotopic (exact) mass is 1160 g/mol. The summed E-state index contributed by atoms with van der Waals surface area (Å²) < 4.78 is 87.7. The molecule has 0 N–H and O–H groups in total. The molecule has 0 amide bonds. The van der Waals surface area contributed by atoms with Gasteiger partial charge in [-0.15, -0.1) is 0 Å². The van der Waals surface area contributed by atoms with E-state index in [9.17, 15) is 5.48 Å². The number of fused-ring (bicyclic) bond motifs is 12. The van der Waals surface area contributed by atoms with E-state index in [0.717, 1.165) is 94.5 Å². The summed E-state index contributed by atoms with van der Waals surface area (Å²) in [6, 6.07) is 43.9. The molecule has 370 valence electrons. The van der Waals surface area contributed by atoms with E-state index in [1.54, 1.807) is 0 Å². The van der Waals surface area contributed by atoms with E-state index >= 15 is 0 Å². The van der Waals surface area contributed by atoms with Crippen LogP contribution >= 0.6 is 0 Å². The summed E-state index contributed by atoms with van der Waals surface area (Å²) >= 11 is 2.46. The first kappa shape index (κ1) is 37.4. The van der Waals surface area contributed by atoms with Gasteiger partial charge in [-0.1, -0.05) is 57.2 Å². The van der Waals surface area contributed by atoms with Crippen LogP contribution in [0.15, 0.2) is 182 Å². The number of hydrogen-bond acceptors (Lipinski definition) is 2. The van der Waals surface area contributed by atoms with Gasteiger partial charge in [0.2, 0.25) is 0 Å². The van der Waals surface area contributed by atoms with E-state index in [2.05, 4.69) is 170 Å². The molecule has 4 aliphatic carbocycles. The summed E-state index contributed by atoms with van der Waals surface area (Å²) in [5.41, 5.74) is 16.2. The zero-order chi connectivity index (χ0) is 57.3. The predicted molar refractivity (Wildman–Crippen MR) is 301 cm³/mol. The maximum atomic E-state index is 9.59. The number of aryl methyl sites for hydroxylation is 3. The zero-order valence-corrected chi connectivity index (χ0v) is 44.6. The molecular weight excluding hydrogens is 1100 g/mol. The number of imidazole rings is 1. The van der Waals surface area contributed by atoms with Crippen LogP contribution in [0.3, 0.4) is 0 Å². The zero-order valence-electron chi connectivity index (χ0n) is 50.4. The fourth-order valence-corrected chi connectivity index (χ4v) is 15.1. The Morgan fingerprint density at radius 1 is 0.560 bits per heavy atom. The molecule has 0 aliphatic heterocycles. The number of pyridine rings is 1. The molecule has 2 spiro atoms. The van der Waals surface area contributed by atoms with Crippen LogP contribution in [0, 0.1) is 10.7 Å². The van der Waals surface area contributed by atoms with Crippen molar-refractivity contribution in [3.05, 3.63) is 241 Å². The third-order valence-corrected chi connectivity index (χ3v) is 18.4. The molecule has 11 aromatic rings. The van der Waals surface area contributed by atoms with E-state index in [-0.39, 0.29) is 53.8 Å². The molecule has 3 aromatic heterocycles. The van der Waals surface area contributed by atoms with Crippen LogP contribution in [0.5, 0.6) is 11.5 Å². The molecule has 15 rings (SSSR count). The molecule has 4 aliphatic rings. The predicted octanol–water partition coefficient (Wildman–Crippen LogP) is 16.4. The number of rotatable bonds is 6. The van der Waals surface area contributed by atoms with Gasteiger partial charge in [0.1, 0.15) is 0 Å². The number of ether oxygens (including phenoxy) is 1. The molecule has 0 radical (unpaired) electrons. The fraction of sp³-hybridized carbons (Fsp3) is 0.217. The average Bonchev–Trinajstić information content (AvgIpc) is 2.71. The second-order valence-electron chi connectivity index (χ2n) is 22.4. The minimum atomic E-state index is -0.732. The Balaban J connectivity index is 0.887. The second-order valence-corrected chi connectivity index (χ2v) is 23.4. The summed E-state index contributed by atoms with van der Waals surface area (Å²) in [4.78, 5) is 5.13. The SMILES string of the molecule is [2H]c1c([2H])c([2H])c2c(c1[2H])CCC21CCc2cc3c(c(-n4[c](=[Pt])n(-c5cccc(Oc6ccc7c8ccccc8n(-c8cc(C)c(-c9ccc(C(C)(C)C)cc9)cn8)c7c6)c5)c5ccccc54)c21)C1(CC3)CCc2c([2H])c([2H])c([2H])c([2H])c21. The topological polar surface area (TPSA) is 36.9 Å². The van der Waals surface area contributed by atoms with E-state index in [1.807, 2.05) is 24.4 Å². The van der Waals surface area contributed by atoms with Crippen molar-refractivity contribution in [2.24, 2.45) is 0 Å². The Morgan fingerprint density at radius 2 is 1.15 bits per heavy atom. The van der Waals surface area contributed by atoms with Crippen molar-refractivity contribution in [3.63, 3.8) is 0 Å². The Morgan fingerprint density at radius 3 is 1.80 bits per heavy atom. The van der Waals surface area contributed by atoms with Crippen LogP contribution in [0.4, 0.5) is 0 Å². The van der Waals surface area contributed by atoms with Gasteiger partial charge >= 0.3 is 365 Å². The van der Waals surface area contributed by atoms with E-state index in [0.29, 0.717) is 72.3 Å². The first-order chi connectivity index (χ1) is 39.9. The van der Waals surface area contributed by atoms with E-state index < -0.39 is 10.8 Å². The number of nitrogens with zero attached hydrogens (tertiary/aromatic N) is 4. The molecular formula is C69H58N4OPt. The van der Waals surface area contributed by atoms with Crippen LogP contribution in [0.2, 0.25) is 0 Å². The number of benzene rings is 8. The molecule has 2 unspecified atom stereocenters. The Labute approximate surface area is 460 Å². The van der Waals surface area contributed by atoms with Crippen molar-refractivity contribution < 1.29 is 35.1 Å². The molecule has 0 saturated heterocycles. The molecule has 0 saturated carbocycles. The van der Waals surface area contributed by atoms with E-state index in [1.165, 1.54) is 16.7 Å². The number of hydrogen-bond donors (Lipinski definition) is 0. The van der Waals surface area contributed by atoms with Gasteiger partial charge in [-0.25, -0.2) is 0 Å². The molecule has 3 heterocycles. The van der Waals surface area contributed by atoms with Crippen molar-refractivity contribution in [1.29, 1.82) is 0 Å². The van der Waals surface area contributed by atoms with Gasteiger partial charge in [0.15, 0.2) is 0 Å². The first-order valence-corrected chi connectivity index (χ1v) is 27.5. The summed E-state index contributed by atoms with van der Waals surface area (Å²) in [6.07, 6.45) is 7.13. The second kappa shape index (κ2) is 16.6. The van der Waals surface area contributed by atoms with Crippen molar-refractivity contribution in [2.75, 3.05) is 0 Å². The van der Waals surface area contributed by atoms with Crippen molar-refractivity contribution in [1.82, 2.24) is 18.7 Å². The molecule has 5 nitrogen and oxygen atoms in total. The van der Waals surface area contributed by atoms with Crippen LogP contribution in [0.1, 0.15) is 113 Å². The normalized spacial score (nSPS) is 19.9. The Kier molecular flexibility index (Phi) is 8.27. The van der Waals surface area contributed by atoms with Gasteiger partial charge in [-0.05, 0) is 29.0 Å². The molecule has 0 fully saturated rings. The van der Waals surface area contributed by atoms with Gasteiger partial charge in [0.25, 0.3) is 0 Å². The van der Waals surface area contributed by atoms with Gasteiger partial charge in [-0.3, -0.25) is 0 Å². The molecule has 8 aromatic carbocycles.